The average Bonchev–Trinajstić information content (AvgIpc) is 2.58. The highest BCUT2D eigenvalue weighted by Gasteiger charge is 2.32. The average molecular weight is 321 g/mol. The third-order valence-electron chi connectivity index (χ3n) is 6.41. The molecule has 0 aromatic carbocycles. The Hall–Kier alpha value is -0.790. The van der Waals surface area contributed by atoms with Crippen LogP contribution < -0.4 is 0 Å². The van der Waals surface area contributed by atoms with Crippen molar-refractivity contribution in [2.75, 3.05) is 0 Å². The SMILES string of the molecule is CCC=C(C(=O)O)C1CCC(C2CCC(CCCC)CC2)CC1. The Morgan fingerprint density at radius 3 is 2.00 bits per heavy atom. The largest absolute Gasteiger partial charge is 0.478 e. The van der Waals surface area contributed by atoms with Gasteiger partial charge in [-0.2, -0.15) is 0 Å². The van der Waals surface area contributed by atoms with Crippen LogP contribution in [0.4, 0.5) is 0 Å². The van der Waals surface area contributed by atoms with Gasteiger partial charge < -0.3 is 5.11 Å². The molecule has 2 rings (SSSR count). The molecule has 132 valence electrons. The highest BCUT2D eigenvalue weighted by Crippen LogP contribution is 2.43. The van der Waals surface area contributed by atoms with Gasteiger partial charge in [0.1, 0.15) is 0 Å². The summed E-state index contributed by atoms with van der Waals surface area (Å²) in [5, 5.41) is 9.40. The van der Waals surface area contributed by atoms with Crippen molar-refractivity contribution in [1.29, 1.82) is 0 Å². The van der Waals surface area contributed by atoms with Crippen LogP contribution in [0.3, 0.4) is 0 Å². The first-order valence-corrected chi connectivity index (χ1v) is 10.1. The number of unbranched alkanes of at least 4 members (excludes halogenated alkanes) is 1. The van der Waals surface area contributed by atoms with Gasteiger partial charge in [-0.05, 0) is 68.6 Å². The summed E-state index contributed by atoms with van der Waals surface area (Å²) in [4.78, 5) is 11.4. The predicted octanol–water partition coefficient (Wildman–Crippen LogP) is 6.21. The third-order valence-corrected chi connectivity index (χ3v) is 6.41. The normalized spacial score (nSPS) is 32.7. The molecule has 0 aromatic rings. The fourth-order valence-electron chi connectivity index (χ4n) is 4.99. The molecule has 1 N–H and O–H groups in total. The van der Waals surface area contributed by atoms with E-state index in [-0.39, 0.29) is 0 Å². The first-order chi connectivity index (χ1) is 11.2. The number of hydrogen-bond acceptors (Lipinski definition) is 1. The van der Waals surface area contributed by atoms with Crippen LogP contribution in [0.1, 0.15) is 90.9 Å². The highest BCUT2D eigenvalue weighted by molar-refractivity contribution is 5.87. The Labute approximate surface area is 142 Å². The van der Waals surface area contributed by atoms with Crippen molar-refractivity contribution in [3.63, 3.8) is 0 Å². The number of carboxylic acids is 1. The van der Waals surface area contributed by atoms with E-state index in [9.17, 15) is 9.90 Å². The molecular formula is C21H36O2. The van der Waals surface area contributed by atoms with E-state index in [4.69, 9.17) is 0 Å². The minimum Gasteiger partial charge on any atom is -0.478 e. The van der Waals surface area contributed by atoms with E-state index in [2.05, 4.69) is 6.92 Å². The van der Waals surface area contributed by atoms with Crippen LogP contribution >= 0.6 is 0 Å². The van der Waals surface area contributed by atoms with Crippen molar-refractivity contribution in [2.24, 2.45) is 23.7 Å². The second-order valence-electron chi connectivity index (χ2n) is 7.91. The monoisotopic (exact) mass is 320 g/mol. The molecule has 2 nitrogen and oxygen atoms in total. The number of aliphatic carboxylic acids is 1. The van der Waals surface area contributed by atoms with Crippen molar-refractivity contribution in [3.05, 3.63) is 11.6 Å². The van der Waals surface area contributed by atoms with E-state index in [1.54, 1.807) is 0 Å². The lowest BCUT2D eigenvalue weighted by Crippen LogP contribution is -2.27. The first kappa shape index (κ1) is 18.5. The zero-order chi connectivity index (χ0) is 16.7. The van der Waals surface area contributed by atoms with Crippen LogP contribution in [-0.2, 0) is 4.79 Å². The molecule has 0 unspecified atom stereocenters. The number of allylic oxidation sites excluding steroid dienone is 1. The van der Waals surface area contributed by atoms with E-state index >= 15 is 0 Å². The van der Waals surface area contributed by atoms with Gasteiger partial charge in [-0.25, -0.2) is 4.79 Å². The predicted molar refractivity (Wildman–Crippen MR) is 96.4 cm³/mol. The lowest BCUT2D eigenvalue weighted by atomic mass is 9.68. The molecular weight excluding hydrogens is 284 g/mol. The second-order valence-corrected chi connectivity index (χ2v) is 7.91. The minimum atomic E-state index is -0.688. The maximum absolute atomic E-state index is 11.4. The van der Waals surface area contributed by atoms with Crippen LogP contribution in [0.5, 0.6) is 0 Å². The number of hydrogen-bond donors (Lipinski definition) is 1. The smallest absolute Gasteiger partial charge is 0.331 e. The van der Waals surface area contributed by atoms with Gasteiger partial charge in [-0.15, -0.1) is 0 Å². The Bertz CT molecular complexity index is 383. The summed E-state index contributed by atoms with van der Waals surface area (Å²) in [6, 6.07) is 0. The molecule has 0 radical (unpaired) electrons. The Morgan fingerprint density at radius 2 is 1.52 bits per heavy atom. The Balaban J connectivity index is 1.77. The van der Waals surface area contributed by atoms with E-state index in [1.807, 2.05) is 13.0 Å². The summed E-state index contributed by atoms with van der Waals surface area (Å²) in [6.07, 6.45) is 17.4. The lowest BCUT2D eigenvalue weighted by molar-refractivity contribution is -0.133. The van der Waals surface area contributed by atoms with Crippen molar-refractivity contribution in [1.82, 2.24) is 0 Å². The van der Waals surface area contributed by atoms with Gasteiger partial charge in [0.05, 0.1) is 0 Å². The highest BCUT2D eigenvalue weighted by atomic mass is 16.4. The fourth-order valence-corrected chi connectivity index (χ4v) is 4.99. The van der Waals surface area contributed by atoms with Crippen molar-refractivity contribution < 1.29 is 9.90 Å². The fraction of sp³-hybridized carbons (Fsp3) is 0.857. The summed E-state index contributed by atoms with van der Waals surface area (Å²) in [5.41, 5.74) is 0.689. The molecule has 0 aromatic heterocycles. The van der Waals surface area contributed by atoms with Crippen LogP contribution in [0.15, 0.2) is 11.6 Å². The van der Waals surface area contributed by atoms with Gasteiger partial charge in [0.15, 0.2) is 0 Å². The molecule has 0 atom stereocenters. The van der Waals surface area contributed by atoms with Gasteiger partial charge in [0.25, 0.3) is 0 Å². The van der Waals surface area contributed by atoms with Crippen LogP contribution in [0.25, 0.3) is 0 Å². The zero-order valence-electron chi connectivity index (χ0n) is 15.2. The van der Waals surface area contributed by atoms with E-state index in [0.717, 1.165) is 37.0 Å². The molecule has 0 aliphatic heterocycles. The third kappa shape index (κ3) is 5.36. The lowest BCUT2D eigenvalue weighted by Gasteiger charge is -2.38. The first-order valence-electron chi connectivity index (χ1n) is 10.1. The molecule has 0 bridgehead atoms. The van der Waals surface area contributed by atoms with Gasteiger partial charge in [-0.3, -0.25) is 0 Å². The quantitative estimate of drug-likeness (QED) is 0.566. The molecule has 23 heavy (non-hydrogen) atoms. The summed E-state index contributed by atoms with van der Waals surface area (Å²) in [6.45, 7) is 4.33. The van der Waals surface area contributed by atoms with Crippen LogP contribution in [0.2, 0.25) is 0 Å². The maximum atomic E-state index is 11.4. The minimum absolute atomic E-state index is 0.310. The molecule has 2 saturated carbocycles. The molecule has 0 heterocycles. The number of carboxylic acid groups (broad SMARTS) is 1. The maximum Gasteiger partial charge on any atom is 0.331 e. The molecule has 0 amide bonds. The van der Waals surface area contributed by atoms with Crippen molar-refractivity contribution >= 4 is 5.97 Å². The van der Waals surface area contributed by atoms with Crippen LogP contribution in [-0.4, -0.2) is 11.1 Å². The summed E-state index contributed by atoms with van der Waals surface area (Å²) in [7, 11) is 0. The summed E-state index contributed by atoms with van der Waals surface area (Å²) >= 11 is 0. The molecule has 0 spiro atoms. The standard InChI is InChI=1S/C21H36O2/c1-3-5-7-16-8-10-17(11-9-16)18-12-14-19(15-13-18)20(6-4-2)21(22)23/h6,16-19H,3-5,7-15H2,1-2H3,(H,22,23). The van der Waals surface area contributed by atoms with Gasteiger partial charge >= 0.3 is 5.97 Å². The molecule has 0 saturated heterocycles. The van der Waals surface area contributed by atoms with Crippen LogP contribution in [0, 0.1) is 23.7 Å². The summed E-state index contributed by atoms with van der Waals surface area (Å²) < 4.78 is 0. The number of carbonyl (C=O) groups is 1. The Kier molecular flexibility index (Phi) is 7.65. The molecule has 2 heteroatoms. The van der Waals surface area contributed by atoms with E-state index < -0.39 is 5.97 Å². The Morgan fingerprint density at radius 1 is 0.957 bits per heavy atom. The molecule has 2 fully saturated rings. The molecule has 2 aliphatic rings. The number of rotatable bonds is 7. The van der Waals surface area contributed by atoms with Gasteiger partial charge in [-0.1, -0.05) is 52.0 Å². The zero-order valence-corrected chi connectivity index (χ0v) is 15.2. The van der Waals surface area contributed by atoms with Gasteiger partial charge in [0.2, 0.25) is 0 Å². The molecule has 2 aliphatic carbocycles. The van der Waals surface area contributed by atoms with Crippen molar-refractivity contribution in [2.45, 2.75) is 90.9 Å². The van der Waals surface area contributed by atoms with Gasteiger partial charge in [0, 0.05) is 5.57 Å². The van der Waals surface area contributed by atoms with E-state index in [1.165, 1.54) is 57.8 Å². The van der Waals surface area contributed by atoms with E-state index in [0.29, 0.717) is 11.5 Å². The van der Waals surface area contributed by atoms with Crippen molar-refractivity contribution in [3.8, 4) is 0 Å². The second kappa shape index (κ2) is 9.49. The topological polar surface area (TPSA) is 37.3 Å². The summed E-state index contributed by atoms with van der Waals surface area (Å²) in [5.74, 6) is 2.41.